The van der Waals surface area contributed by atoms with E-state index in [0.29, 0.717) is 0 Å². The van der Waals surface area contributed by atoms with Crippen molar-refractivity contribution in [2.24, 2.45) is 0 Å². The lowest BCUT2D eigenvalue weighted by Gasteiger charge is -2.18. The number of carboxylic acids is 1. The van der Waals surface area contributed by atoms with Crippen LogP contribution in [0.3, 0.4) is 0 Å². The molecule has 1 atom stereocenters. The van der Waals surface area contributed by atoms with Gasteiger partial charge in [-0.1, -0.05) is 54.6 Å². The third-order valence-corrected chi connectivity index (χ3v) is 5.51. The zero-order valence-corrected chi connectivity index (χ0v) is 16.7. The van der Waals surface area contributed by atoms with Gasteiger partial charge in [-0.05, 0) is 33.9 Å². The van der Waals surface area contributed by atoms with E-state index in [1.165, 1.54) is 0 Å². The number of rotatable bonds is 6. The predicted octanol–water partition coefficient (Wildman–Crippen LogP) is 4.20. The van der Waals surface area contributed by atoms with E-state index in [1.807, 2.05) is 48.5 Å². The molecular formula is C24H19F2NO5. The van der Waals surface area contributed by atoms with Crippen LogP contribution < -0.4 is 5.32 Å². The Bertz CT molecular complexity index is 1150. The molecule has 3 aromatic carbocycles. The van der Waals surface area contributed by atoms with Gasteiger partial charge in [0.05, 0.1) is 0 Å². The second-order valence-electron chi connectivity index (χ2n) is 7.43. The topological polar surface area (TPSA) is 95.9 Å². The molecule has 0 radical (unpaired) electrons. The number of alkyl carbamates (subject to hydrolysis) is 1. The smallest absolute Gasteiger partial charge is 0.407 e. The fourth-order valence-corrected chi connectivity index (χ4v) is 3.95. The monoisotopic (exact) mass is 439 g/mol. The summed E-state index contributed by atoms with van der Waals surface area (Å²) in [6.45, 7) is -0.0113. The van der Waals surface area contributed by atoms with Gasteiger partial charge in [-0.3, -0.25) is 0 Å². The highest BCUT2D eigenvalue weighted by Gasteiger charge is 2.30. The molecule has 4 rings (SSSR count). The Morgan fingerprint density at radius 2 is 1.56 bits per heavy atom. The van der Waals surface area contributed by atoms with Crippen molar-refractivity contribution >= 4 is 12.1 Å². The van der Waals surface area contributed by atoms with Crippen molar-refractivity contribution in [2.45, 2.75) is 18.4 Å². The number of nitrogens with one attached hydrogen (secondary N) is 1. The van der Waals surface area contributed by atoms with E-state index >= 15 is 0 Å². The number of carbonyl (C=O) groups is 2. The fourth-order valence-electron chi connectivity index (χ4n) is 3.95. The van der Waals surface area contributed by atoms with Crippen LogP contribution in [0.25, 0.3) is 11.1 Å². The van der Waals surface area contributed by atoms with Gasteiger partial charge >= 0.3 is 12.1 Å². The first-order chi connectivity index (χ1) is 15.4. The van der Waals surface area contributed by atoms with Crippen LogP contribution in [0.15, 0.2) is 60.7 Å². The van der Waals surface area contributed by atoms with Crippen molar-refractivity contribution in [3.05, 3.63) is 89.0 Å². The standard InChI is InChI=1S/C24H19F2NO5/c25-19-10-9-13(22(28)21(19)26)11-20(23(29)30)27-24(31)32-12-18-16-7-3-1-5-14(16)15-6-2-4-8-17(15)18/h1-10,18,20,28H,11-12H2,(H,27,31)(H,29,30). The third kappa shape index (κ3) is 3.99. The molecule has 1 unspecified atom stereocenters. The molecule has 8 heteroatoms. The number of carbonyl (C=O) groups excluding carboxylic acids is 1. The zero-order valence-electron chi connectivity index (χ0n) is 16.7. The minimum atomic E-state index is -1.51. The molecule has 0 heterocycles. The Hall–Kier alpha value is -3.94. The normalized spacial score (nSPS) is 13.2. The van der Waals surface area contributed by atoms with Crippen LogP contribution in [0.1, 0.15) is 22.6 Å². The van der Waals surface area contributed by atoms with Crippen molar-refractivity contribution in [1.29, 1.82) is 0 Å². The van der Waals surface area contributed by atoms with Crippen molar-refractivity contribution in [3.63, 3.8) is 0 Å². The number of fused-ring (bicyclic) bond motifs is 3. The molecule has 32 heavy (non-hydrogen) atoms. The maximum absolute atomic E-state index is 13.6. The summed E-state index contributed by atoms with van der Waals surface area (Å²) in [7, 11) is 0. The molecule has 3 N–H and O–H groups in total. The predicted molar refractivity (Wildman–Crippen MR) is 111 cm³/mol. The summed E-state index contributed by atoms with van der Waals surface area (Å²) in [6.07, 6.45) is -1.43. The van der Waals surface area contributed by atoms with E-state index < -0.39 is 41.9 Å². The number of phenolic OH excluding ortho intramolecular Hbond substituents is 1. The van der Waals surface area contributed by atoms with Crippen molar-refractivity contribution in [1.82, 2.24) is 5.32 Å². The first kappa shape index (κ1) is 21.3. The number of hydrogen-bond acceptors (Lipinski definition) is 4. The number of carboxylic acid groups (broad SMARTS) is 1. The molecule has 0 spiro atoms. The van der Waals surface area contributed by atoms with Crippen LogP contribution in [0.2, 0.25) is 0 Å². The van der Waals surface area contributed by atoms with Crippen LogP contribution in [0.5, 0.6) is 5.75 Å². The van der Waals surface area contributed by atoms with E-state index in [1.54, 1.807) is 0 Å². The van der Waals surface area contributed by atoms with Gasteiger partial charge < -0.3 is 20.3 Å². The van der Waals surface area contributed by atoms with Gasteiger partial charge in [0, 0.05) is 12.3 Å². The maximum Gasteiger partial charge on any atom is 0.407 e. The lowest BCUT2D eigenvalue weighted by molar-refractivity contribution is -0.139. The zero-order chi connectivity index (χ0) is 22.8. The van der Waals surface area contributed by atoms with Gasteiger partial charge in [0.2, 0.25) is 5.82 Å². The summed E-state index contributed by atoms with van der Waals surface area (Å²) in [5, 5.41) is 21.4. The molecule has 6 nitrogen and oxygen atoms in total. The van der Waals surface area contributed by atoms with Gasteiger partial charge in [0.15, 0.2) is 11.6 Å². The van der Waals surface area contributed by atoms with Crippen molar-refractivity contribution in [2.75, 3.05) is 6.61 Å². The Morgan fingerprint density at radius 1 is 0.969 bits per heavy atom. The summed E-state index contributed by atoms with van der Waals surface area (Å²) in [4.78, 5) is 23.9. The Labute approximate surface area is 182 Å². The van der Waals surface area contributed by atoms with Crippen LogP contribution in [-0.4, -0.2) is 34.9 Å². The average Bonchev–Trinajstić information content (AvgIpc) is 3.11. The van der Waals surface area contributed by atoms with E-state index in [4.69, 9.17) is 4.74 Å². The highest BCUT2D eigenvalue weighted by atomic mass is 19.2. The van der Waals surface area contributed by atoms with Gasteiger partial charge in [0.1, 0.15) is 12.6 Å². The fraction of sp³-hybridized carbons (Fsp3) is 0.167. The van der Waals surface area contributed by atoms with Crippen molar-refractivity contribution < 1.29 is 33.3 Å². The summed E-state index contributed by atoms with van der Waals surface area (Å²) >= 11 is 0. The Kier molecular flexibility index (Phi) is 5.77. The molecule has 0 saturated carbocycles. The van der Waals surface area contributed by atoms with Gasteiger partial charge in [-0.25, -0.2) is 14.0 Å². The molecule has 0 fully saturated rings. The van der Waals surface area contributed by atoms with Crippen molar-refractivity contribution in [3.8, 4) is 16.9 Å². The van der Waals surface area contributed by atoms with E-state index in [2.05, 4.69) is 5.32 Å². The molecule has 1 aliphatic carbocycles. The molecule has 0 bridgehead atoms. The quantitative estimate of drug-likeness (QED) is 0.535. The molecule has 0 aromatic heterocycles. The molecule has 0 aliphatic heterocycles. The molecule has 1 aliphatic rings. The maximum atomic E-state index is 13.6. The first-order valence-corrected chi connectivity index (χ1v) is 9.87. The lowest BCUT2D eigenvalue weighted by atomic mass is 9.98. The van der Waals surface area contributed by atoms with Crippen LogP contribution in [0.4, 0.5) is 13.6 Å². The highest BCUT2D eigenvalue weighted by molar-refractivity contribution is 5.81. The summed E-state index contributed by atoms with van der Waals surface area (Å²) in [5.41, 5.74) is 3.95. The number of aromatic hydroxyl groups is 1. The second kappa shape index (κ2) is 8.66. The van der Waals surface area contributed by atoms with E-state index in [-0.39, 0.29) is 18.1 Å². The van der Waals surface area contributed by atoms with E-state index in [9.17, 15) is 28.6 Å². The van der Waals surface area contributed by atoms with Gasteiger partial charge in [-0.15, -0.1) is 0 Å². The third-order valence-electron chi connectivity index (χ3n) is 5.51. The van der Waals surface area contributed by atoms with Crippen LogP contribution >= 0.6 is 0 Å². The number of phenols is 1. The lowest BCUT2D eigenvalue weighted by Crippen LogP contribution is -2.43. The number of aliphatic carboxylic acids is 1. The minimum absolute atomic E-state index is 0.0113. The molecule has 0 saturated heterocycles. The average molecular weight is 439 g/mol. The molecular weight excluding hydrogens is 420 g/mol. The first-order valence-electron chi connectivity index (χ1n) is 9.87. The van der Waals surface area contributed by atoms with E-state index in [0.717, 1.165) is 34.4 Å². The number of amides is 1. The Morgan fingerprint density at radius 3 is 2.16 bits per heavy atom. The number of ether oxygens (including phenoxy) is 1. The SMILES string of the molecule is O=C(NC(Cc1ccc(F)c(F)c1O)C(=O)O)OCC1c2ccccc2-c2ccccc21. The summed E-state index contributed by atoms with van der Waals surface area (Å²) in [6, 6.07) is 15.8. The highest BCUT2D eigenvalue weighted by Crippen LogP contribution is 2.44. The summed E-state index contributed by atoms with van der Waals surface area (Å²) in [5.74, 6) is -5.35. The van der Waals surface area contributed by atoms with Crippen LogP contribution in [-0.2, 0) is 16.0 Å². The molecule has 3 aromatic rings. The van der Waals surface area contributed by atoms with Gasteiger partial charge in [-0.2, -0.15) is 4.39 Å². The Balaban J connectivity index is 1.45. The van der Waals surface area contributed by atoms with Gasteiger partial charge in [0.25, 0.3) is 0 Å². The largest absolute Gasteiger partial charge is 0.505 e. The number of benzene rings is 3. The number of halogens is 2. The summed E-state index contributed by atoms with van der Waals surface area (Å²) < 4.78 is 32.1. The molecule has 164 valence electrons. The second-order valence-corrected chi connectivity index (χ2v) is 7.43. The van der Waals surface area contributed by atoms with Crippen LogP contribution in [0, 0.1) is 11.6 Å². The molecule has 1 amide bonds. The minimum Gasteiger partial charge on any atom is -0.505 e. The number of hydrogen-bond donors (Lipinski definition) is 3.